The lowest BCUT2D eigenvalue weighted by molar-refractivity contribution is -0.127. The Labute approximate surface area is 185 Å². The molecule has 0 aliphatic carbocycles. The molecule has 0 bridgehead atoms. The molecule has 1 amide bonds. The van der Waals surface area contributed by atoms with E-state index in [9.17, 15) is 4.79 Å². The third-order valence-electron chi connectivity index (χ3n) is 5.95. The van der Waals surface area contributed by atoms with Gasteiger partial charge in [-0.2, -0.15) is 0 Å². The second kappa shape index (κ2) is 8.34. The van der Waals surface area contributed by atoms with Gasteiger partial charge in [-0.25, -0.2) is 9.97 Å². The Morgan fingerprint density at radius 3 is 2.72 bits per heavy atom. The third kappa shape index (κ3) is 3.56. The number of likely N-dealkylation sites (tertiary alicyclic amines) is 1. The van der Waals surface area contributed by atoms with E-state index in [1.165, 1.54) is 6.08 Å². The summed E-state index contributed by atoms with van der Waals surface area (Å²) >= 11 is 0. The molecular weight excluding hydrogens is 404 g/mol. The van der Waals surface area contributed by atoms with Gasteiger partial charge in [0, 0.05) is 43.6 Å². The lowest BCUT2D eigenvalue weighted by atomic mass is 10.1. The van der Waals surface area contributed by atoms with Gasteiger partial charge in [0.25, 0.3) is 0 Å². The highest BCUT2D eigenvalue weighted by atomic mass is 16.5. The highest BCUT2D eigenvalue weighted by molar-refractivity contribution is 5.91. The number of nitrogens with zero attached hydrogens (tertiary/aromatic N) is 4. The second-order valence-electron chi connectivity index (χ2n) is 7.81. The third-order valence-corrected chi connectivity index (χ3v) is 5.95. The number of para-hydroxylation sites is 1. The fourth-order valence-electron chi connectivity index (χ4n) is 4.26. The lowest BCUT2D eigenvalue weighted by Crippen LogP contribution is -2.41. The Balaban J connectivity index is 1.51. The number of methoxy groups -OCH3 is 1. The summed E-state index contributed by atoms with van der Waals surface area (Å²) in [5, 5.41) is 2.02. The van der Waals surface area contributed by atoms with E-state index in [1.54, 1.807) is 18.3 Å². The Bertz CT molecular complexity index is 1310. The standard InChI is InChI=1S/C25H24N4O3/c1-3-24(30)28-11-9-18(10-12-28)32-23-14-19-20(15-22(23)31-2)26-16-27-25(19)29-13-8-17-6-4-5-7-21(17)29/h3-8,13-16,18H,1,9-12H2,2H3. The van der Waals surface area contributed by atoms with E-state index >= 15 is 0 Å². The molecule has 7 nitrogen and oxygen atoms in total. The van der Waals surface area contributed by atoms with E-state index in [4.69, 9.17) is 9.47 Å². The average Bonchev–Trinajstić information content (AvgIpc) is 3.27. The minimum Gasteiger partial charge on any atom is -0.493 e. The molecule has 2 aromatic carbocycles. The molecule has 0 saturated carbocycles. The summed E-state index contributed by atoms with van der Waals surface area (Å²) in [5.41, 5.74) is 1.86. The Kier molecular flexibility index (Phi) is 5.23. The van der Waals surface area contributed by atoms with Crippen molar-refractivity contribution in [2.24, 2.45) is 0 Å². The van der Waals surface area contributed by atoms with Crippen molar-refractivity contribution < 1.29 is 14.3 Å². The molecule has 0 unspecified atom stereocenters. The van der Waals surface area contributed by atoms with Crippen LogP contribution in [0.1, 0.15) is 12.8 Å². The maximum atomic E-state index is 11.9. The minimum atomic E-state index is -0.0347. The van der Waals surface area contributed by atoms with E-state index in [-0.39, 0.29) is 12.0 Å². The van der Waals surface area contributed by atoms with Gasteiger partial charge in [-0.3, -0.25) is 4.79 Å². The second-order valence-corrected chi connectivity index (χ2v) is 7.81. The SMILES string of the molecule is C=CC(=O)N1CCC(Oc2cc3c(-n4ccc5ccccc54)ncnc3cc2OC)CC1. The summed E-state index contributed by atoms with van der Waals surface area (Å²) in [7, 11) is 1.63. The van der Waals surface area contributed by atoms with Crippen LogP contribution < -0.4 is 9.47 Å². The maximum Gasteiger partial charge on any atom is 0.245 e. The zero-order valence-corrected chi connectivity index (χ0v) is 17.9. The molecule has 0 N–H and O–H groups in total. The van der Waals surface area contributed by atoms with Crippen molar-refractivity contribution in [1.29, 1.82) is 0 Å². The van der Waals surface area contributed by atoms with Crippen LogP contribution in [0, 0.1) is 0 Å². The Morgan fingerprint density at radius 1 is 1.12 bits per heavy atom. The molecule has 32 heavy (non-hydrogen) atoms. The van der Waals surface area contributed by atoms with Crippen LogP contribution in [0.25, 0.3) is 27.6 Å². The monoisotopic (exact) mass is 428 g/mol. The summed E-state index contributed by atoms with van der Waals surface area (Å²) in [5.74, 6) is 2.03. The molecule has 0 spiro atoms. The average molecular weight is 428 g/mol. The molecule has 2 aromatic heterocycles. The van der Waals surface area contributed by atoms with Crippen molar-refractivity contribution in [3.63, 3.8) is 0 Å². The zero-order chi connectivity index (χ0) is 22.1. The molecule has 4 aromatic rings. The maximum absolute atomic E-state index is 11.9. The molecule has 1 aliphatic heterocycles. The van der Waals surface area contributed by atoms with Crippen LogP contribution in [-0.2, 0) is 4.79 Å². The van der Waals surface area contributed by atoms with Crippen molar-refractivity contribution in [3.05, 3.63) is 67.6 Å². The number of rotatable bonds is 5. The summed E-state index contributed by atoms with van der Waals surface area (Å²) in [6, 6.07) is 14.1. The summed E-state index contributed by atoms with van der Waals surface area (Å²) in [4.78, 5) is 22.7. The van der Waals surface area contributed by atoms with Crippen LogP contribution in [0.3, 0.4) is 0 Å². The summed E-state index contributed by atoms with van der Waals surface area (Å²) < 4.78 is 14.0. The number of hydrogen-bond acceptors (Lipinski definition) is 5. The molecule has 0 atom stereocenters. The van der Waals surface area contributed by atoms with Crippen LogP contribution in [0.15, 0.2) is 67.6 Å². The van der Waals surface area contributed by atoms with Gasteiger partial charge in [-0.1, -0.05) is 24.8 Å². The number of fused-ring (bicyclic) bond motifs is 2. The number of carbonyl (C=O) groups is 1. The predicted octanol–water partition coefficient (Wildman–Crippen LogP) is 4.14. The Hall–Kier alpha value is -3.87. The van der Waals surface area contributed by atoms with Crippen LogP contribution in [-0.4, -0.2) is 51.6 Å². The number of amides is 1. The van der Waals surface area contributed by atoms with Crippen molar-refractivity contribution in [2.75, 3.05) is 20.2 Å². The van der Waals surface area contributed by atoms with E-state index in [0.29, 0.717) is 24.6 Å². The number of ether oxygens (including phenoxy) is 2. The van der Waals surface area contributed by atoms with Gasteiger partial charge >= 0.3 is 0 Å². The number of hydrogen-bond donors (Lipinski definition) is 0. The fourth-order valence-corrected chi connectivity index (χ4v) is 4.26. The van der Waals surface area contributed by atoms with Crippen molar-refractivity contribution in [3.8, 4) is 17.3 Å². The molecule has 3 heterocycles. The van der Waals surface area contributed by atoms with Crippen molar-refractivity contribution in [2.45, 2.75) is 18.9 Å². The van der Waals surface area contributed by atoms with E-state index in [2.05, 4.69) is 39.3 Å². The van der Waals surface area contributed by atoms with E-state index in [1.807, 2.05) is 30.5 Å². The van der Waals surface area contributed by atoms with Gasteiger partial charge < -0.3 is 18.9 Å². The molecule has 1 fully saturated rings. The van der Waals surface area contributed by atoms with Gasteiger partial charge in [0.2, 0.25) is 5.91 Å². The zero-order valence-electron chi connectivity index (χ0n) is 17.9. The first-order chi connectivity index (χ1) is 15.7. The van der Waals surface area contributed by atoms with Gasteiger partial charge in [-0.15, -0.1) is 0 Å². The summed E-state index contributed by atoms with van der Waals surface area (Å²) in [6.45, 7) is 4.87. The van der Waals surface area contributed by atoms with Crippen molar-refractivity contribution >= 4 is 27.7 Å². The highest BCUT2D eigenvalue weighted by Crippen LogP contribution is 2.36. The van der Waals surface area contributed by atoms with E-state index < -0.39 is 0 Å². The minimum absolute atomic E-state index is 0.00398. The van der Waals surface area contributed by atoms with Gasteiger partial charge in [0.15, 0.2) is 11.5 Å². The van der Waals surface area contributed by atoms with Crippen molar-refractivity contribution in [1.82, 2.24) is 19.4 Å². The quantitative estimate of drug-likeness (QED) is 0.447. The largest absolute Gasteiger partial charge is 0.493 e. The molecule has 1 aliphatic rings. The normalized spacial score (nSPS) is 14.6. The first-order valence-corrected chi connectivity index (χ1v) is 10.6. The van der Waals surface area contributed by atoms with Crippen LogP contribution in [0.2, 0.25) is 0 Å². The van der Waals surface area contributed by atoms with Gasteiger partial charge in [0.05, 0.1) is 18.1 Å². The Morgan fingerprint density at radius 2 is 1.94 bits per heavy atom. The van der Waals surface area contributed by atoms with Crippen LogP contribution in [0.4, 0.5) is 0 Å². The predicted molar refractivity (Wildman–Crippen MR) is 123 cm³/mol. The lowest BCUT2D eigenvalue weighted by Gasteiger charge is -2.31. The number of piperidine rings is 1. The topological polar surface area (TPSA) is 69.5 Å². The summed E-state index contributed by atoms with van der Waals surface area (Å²) in [6.07, 6.45) is 6.45. The highest BCUT2D eigenvalue weighted by Gasteiger charge is 2.24. The van der Waals surface area contributed by atoms with E-state index in [0.717, 1.165) is 40.5 Å². The molecule has 162 valence electrons. The number of benzene rings is 2. The number of aromatic nitrogens is 3. The molecule has 1 saturated heterocycles. The van der Waals surface area contributed by atoms with Crippen LogP contribution >= 0.6 is 0 Å². The smallest absolute Gasteiger partial charge is 0.245 e. The molecular formula is C25H24N4O3. The van der Waals surface area contributed by atoms with Gasteiger partial charge in [0.1, 0.15) is 18.2 Å². The number of carbonyl (C=O) groups excluding carboxylic acids is 1. The van der Waals surface area contributed by atoms with Gasteiger partial charge in [-0.05, 0) is 29.7 Å². The fraction of sp³-hybridized carbons (Fsp3) is 0.240. The first-order valence-electron chi connectivity index (χ1n) is 10.6. The first kappa shape index (κ1) is 20.1. The van der Waals surface area contributed by atoms with Crippen LogP contribution in [0.5, 0.6) is 11.5 Å². The molecule has 7 heteroatoms. The molecule has 0 radical (unpaired) electrons. The molecule has 5 rings (SSSR count).